The minimum atomic E-state index is -1.37. The normalized spacial score (nSPS) is 22.4. The molecule has 2 atom stereocenters. The number of amides is 1. The number of aliphatic hydroxyl groups is 1. The average Bonchev–Trinajstić information content (AvgIpc) is 2.63. The lowest BCUT2D eigenvalue weighted by Crippen LogP contribution is -2.37. The van der Waals surface area contributed by atoms with Crippen LogP contribution in [0.3, 0.4) is 0 Å². The van der Waals surface area contributed by atoms with E-state index in [9.17, 15) is 24.8 Å². The summed E-state index contributed by atoms with van der Waals surface area (Å²) in [6.45, 7) is 0. The molecule has 1 aliphatic rings. The molecule has 0 aliphatic carbocycles. The Morgan fingerprint density at radius 2 is 2.05 bits per heavy atom. The standard InChI is InChI=1S/C11H11N3O6/c1-13-10(16)8(11(17)20-13)9(15)12-6-2-4-7(5-3-6)14(18)19/h2-5,8,10,16H,1H3,(H,12,15). The lowest BCUT2D eigenvalue weighted by atomic mass is 10.1. The quantitative estimate of drug-likeness (QED) is 0.449. The first kappa shape index (κ1) is 13.9. The van der Waals surface area contributed by atoms with Crippen LogP contribution in [0.15, 0.2) is 24.3 Å². The molecule has 1 saturated heterocycles. The second kappa shape index (κ2) is 5.23. The molecule has 106 valence electrons. The zero-order chi connectivity index (χ0) is 14.9. The molecule has 2 N–H and O–H groups in total. The predicted octanol–water partition coefficient (Wildman–Crippen LogP) is -0.128. The van der Waals surface area contributed by atoms with E-state index in [-0.39, 0.29) is 11.4 Å². The van der Waals surface area contributed by atoms with Gasteiger partial charge in [-0.25, -0.2) is 4.79 Å². The van der Waals surface area contributed by atoms with Crippen molar-refractivity contribution in [1.82, 2.24) is 5.06 Å². The van der Waals surface area contributed by atoms with E-state index in [0.29, 0.717) is 0 Å². The molecule has 9 heteroatoms. The highest BCUT2D eigenvalue weighted by atomic mass is 16.7. The maximum absolute atomic E-state index is 11.9. The number of aliphatic hydroxyl groups excluding tert-OH is 1. The second-order valence-electron chi connectivity index (χ2n) is 4.14. The van der Waals surface area contributed by atoms with Gasteiger partial charge in [0.25, 0.3) is 5.69 Å². The summed E-state index contributed by atoms with van der Waals surface area (Å²) in [6.07, 6.45) is -1.37. The van der Waals surface area contributed by atoms with Crippen LogP contribution in [0.1, 0.15) is 0 Å². The van der Waals surface area contributed by atoms with Crippen molar-refractivity contribution in [3.05, 3.63) is 34.4 Å². The molecule has 1 aliphatic heterocycles. The Morgan fingerprint density at radius 1 is 1.45 bits per heavy atom. The first-order valence-corrected chi connectivity index (χ1v) is 5.58. The molecule has 20 heavy (non-hydrogen) atoms. The Hall–Kier alpha value is -2.52. The summed E-state index contributed by atoms with van der Waals surface area (Å²) < 4.78 is 0. The fourth-order valence-corrected chi connectivity index (χ4v) is 1.71. The smallest absolute Gasteiger partial charge is 0.341 e. The third-order valence-corrected chi connectivity index (χ3v) is 2.79. The Balaban J connectivity index is 2.08. The largest absolute Gasteiger partial charge is 0.374 e. The molecule has 9 nitrogen and oxygen atoms in total. The van der Waals surface area contributed by atoms with E-state index in [2.05, 4.69) is 10.2 Å². The van der Waals surface area contributed by atoms with Crippen molar-refractivity contribution in [3.8, 4) is 0 Å². The molecule has 1 amide bonds. The van der Waals surface area contributed by atoms with Gasteiger partial charge in [-0.15, -0.1) is 5.06 Å². The van der Waals surface area contributed by atoms with E-state index >= 15 is 0 Å². The molecule has 0 aromatic heterocycles. The van der Waals surface area contributed by atoms with Gasteiger partial charge in [-0.05, 0) is 12.1 Å². The minimum Gasteiger partial charge on any atom is -0.374 e. The number of carbonyl (C=O) groups is 2. The van der Waals surface area contributed by atoms with E-state index in [0.717, 1.165) is 5.06 Å². The average molecular weight is 281 g/mol. The maximum Gasteiger partial charge on any atom is 0.341 e. The highest BCUT2D eigenvalue weighted by molar-refractivity contribution is 6.05. The summed E-state index contributed by atoms with van der Waals surface area (Å²) in [5.41, 5.74) is 0.151. The van der Waals surface area contributed by atoms with Gasteiger partial charge in [0.15, 0.2) is 12.1 Å². The van der Waals surface area contributed by atoms with Gasteiger partial charge in [0.2, 0.25) is 5.91 Å². The molecular formula is C11H11N3O6. The number of hydroxylamine groups is 2. The van der Waals surface area contributed by atoms with Crippen LogP contribution in [0, 0.1) is 16.0 Å². The number of anilines is 1. The molecule has 1 fully saturated rings. The Bertz CT molecular complexity index is 558. The molecule has 0 bridgehead atoms. The van der Waals surface area contributed by atoms with E-state index in [1.165, 1.54) is 31.3 Å². The molecule has 2 rings (SSSR count). The fourth-order valence-electron chi connectivity index (χ4n) is 1.71. The molecule has 0 spiro atoms. The van der Waals surface area contributed by atoms with Crippen LogP contribution in [-0.4, -0.2) is 40.2 Å². The number of nitrogens with one attached hydrogen (secondary N) is 1. The van der Waals surface area contributed by atoms with Crippen molar-refractivity contribution in [3.63, 3.8) is 0 Å². The second-order valence-corrected chi connectivity index (χ2v) is 4.14. The molecule has 1 aromatic carbocycles. The van der Waals surface area contributed by atoms with Crippen molar-refractivity contribution < 1.29 is 24.5 Å². The van der Waals surface area contributed by atoms with Crippen molar-refractivity contribution in [2.75, 3.05) is 12.4 Å². The highest BCUT2D eigenvalue weighted by Crippen LogP contribution is 2.22. The van der Waals surface area contributed by atoms with Crippen LogP contribution < -0.4 is 5.32 Å². The first-order chi connectivity index (χ1) is 9.40. The van der Waals surface area contributed by atoms with E-state index in [1.54, 1.807) is 0 Å². The van der Waals surface area contributed by atoms with Crippen molar-refractivity contribution in [2.24, 2.45) is 5.92 Å². The number of rotatable bonds is 3. The van der Waals surface area contributed by atoms with Crippen LogP contribution in [0.2, 0.25) is 0 Å². The van der Waals surface area contributed by atoms with Crippen LogP contribution in [0.25, 0.3) is 0 Å². The number of nitro groups is 1. The minimum absolute atomic E-state index is 0.122. The lowest BCUT2D eigenvalue weighted by Gasteiger charge is -2.13. The molecule has 2 unspecified atom stereocenters. The van der Waals surface area contributed by atoms with Gasteiger partial charge in [0.1, 0.15) is 0 Å². The van der Waals surface area contributed by atoms with Gasteiger partial charge in [-0.3, -0.25) is 14.9 Å². The summed E-state index contributed by atoms with van der Waals surface area (Å²) in [7, 11) is 1.32. The number of hydrogen-bond donors (Lipinski definition) is 2. The van der Waals surface area contributed by atoms with Crippen molar-refractivity contribution >= 4 is 23.3 Å². The summed E-state index contributed by atoms with van der Waals surface area (Å²) >= 11 is 0. The van der Waals surface area contributed by atoms with Gasteiger partial charge in [-0.2, -0.15) is 0 Å². The van der Waals surface area contributed by atoms with Gasteiger partial charge in [0.05, 0.1) is 4.92 Å². The molecule has 1 aromatic rings. The van der Waals surface area contributed by atoms with Gasteiger partial charge < -0.3 is 15.3 Å². The molecule has 0 saturated carbocycles. The van der Waals surface area contributed by atoms with Crippen molar-refractivity contribution in [2.45, 2.75) is 6.23 Å². The summed E-state index contributed by atoms with van der Waals surface area (Å²) in [5.74, 6) is -2.98. The maximum atomic E-state index is 11.9. The van der Waals surface area contributed by atoms with Crippen molar-refractivity contribution in [1.29, 1.82) is 0 Å². The van der Waals surface area contributed by atoms with Crippen LogP contribution in [0.5, 0.6) is 0 Å². The Morgan fingerprint density at radius 3 is 2.50 bits per heavy atom. The van der Waals surface area contributed by atoms with Crippen LogP contribution in [-0.2, 0) is 14.4 Å². The summed E-state index contributed by atoms with van der Waals surface area (Å²) in [4.78, 5) is 37.8. The van der Waals surface area contributed by atoms with Gasteiger partial charge in [-0.1, -0.05) is 0 Å². The fraction of sp³-hybridized carbons (Fsp3) is 0.273. The third-order valence-electron chi connectivity index (χ3n) is 2.79. The lowest BCUT2D eigenvalue weighted by molar-refractivity contribution is -0.384. The zero-order valence-corrected chi connectivity index (χ0v) is 10.3. The van der Waals surface area contributed by atoms with E-state index in [1.807, 2.05) is 0 Å². The first-order valence-electron chi connectivity index (χ1n) is 5.58. The number of nitro benzene ring substituents is 1. The van der Waals surface area contributed by atoms with E-state index < -0.39 is 28.9 Å². The molecule has 1 heterocycles. The third kappa shape index (κ3) is 2.58. The van der Waals surface area contributed by atoms with E-state index in [4.69, 9.17) is 0 Å². The zero-order valence-electron chi connectivity index (χ0n) is 10.3. The number of benzene rings is 1. The van der Waals surface area contributed by atoms with Crippen LogP contribution >= 0.6 is 0 Å². The summed E-state index contributed by atoms with van der Waals surface area (Å²) in [5, 5.41) is 23.4. The molecular weight excluding hydrogens is 270 g/mol. The van der Waals surface area contributed by atoms with Gasteiger partial charge in [0, 0.05) is 24.9 Å². The number of carbonyl (C=O) groups excluding carboxylic acids is 2. The highest BCUT2D eigenvalue weighted by Gasteiger charge is 2.45. The Kier molecular flexibility index (Phi) is 3.63. The number of hydrogen-bond acceptors (Lipinski definition) is 7. The Labute approximate surface area is 112 Å². The predicted molar refractivity (Wildman–Crippen MR) is 65.1 cm³/mol. The monoisotopic (exact) mass is 281 g/mol. The molecule has 0 radical (unpaired) electrons. The topological polar surface area (TPSA) is 122 Å². The number of non-ortho nitro benzene ring substituents is 1. The number of nitrogens with zero attached hydrogens (tertiary/aromatic N) is 2. The summed E-state index contributed by atoms with van der Waals surface area (Å²) in [6, 6.07) is 5.08. The van der Waals surface area contributed by atoms with Crippen LogP contribution in [0.4, 0.5) is 11.4 Å². The van der Waals surface area contributed by atoms with Gasteiger partial charge >= 0.3 is 5.97 Å². The SMILES string of the molecule is CN1OC(=O)C(C(=O)Nc2ccc([N+](=O)[O-])cc2)C1O.